The second-order valence-corrected chi connectivity index (χ2v) is 13.7. The first kappa shape index (κ1) is 32.5. The van der Waals surface area contributed by atoms with Gasteiger partial charge < -0.3 is 9.47 Å². The molecule has 232 valence electrons. The lowest BCUT2D eigenvalue weighted by molar-refractivity contribution is -0.138. The number of hydrogen-bond donors (Lipinski definition) is 0. The molecule has 5 aromatic rings. The number of fused-ring (bicyclic) bond motifs is 1. The molecule has 0 saturated heterocycles. The van der Waals surface area contributed by atoms with Crippen molar-refractivity contribution in [3.05, 3.63) is 158 Å². The predicted octanol–water partition coefficient (Wildman–Crippen LogP) is 8.35. The molecule has 6 nitrogen and oxygen atoms in total. The van der Waals surface area contributed by atoms with Gasteiger partial charge in [-0.05, 0) is 80.3 Å². The van der Waals surface area contributed by atoms with E-state index < -0.39 is 12.0 Å². The van der Waals surface area contributed by atoms with Crippen LogP contribution >= 0.6 is 66.4 Å². The molecule has 0 saturated carbocycles. The third kappa shape index (κ3) is 6.66. The van der Waals surface area contributed by atoms with E-state index in [0.717, 1.165) is 22.3 Å². The summed E-state index contributed by atoms with van der Waals surface area (Å²) in [5, 5.41) is 1.07. The highest BCUT2D eigenvalue weighted by molar-refractivity contribution is 9.11. The molecule has 0 bridgehead atoms. The van der Waals surface area contributed by atoms with Crippen molar-refractivity contribution >= 4 is 84.1 Å². The topological polar surface area (TPSA) is 69.9 Å². The van der Waals surface area contributed by atoms with E-state index in [4.69, 9.17) is 37.7 Å². The van der Waals surface area contributed by atoms with Crippen LogP contribution in [0.2, 0.25) is 10.0 Å². The Morgan fingerprint density at radius 1 is 0.978 bits per heavy atom. The maximum Gasteiger partial charge on any atom is 0.338 e. The monoisotopic (exact) mass is 796 g/mol. The van der Waals surface area contributed by atoms with Crippen molar-refractivity contribution in [2.45, 2.75) is 19.6 Å². The van der Waals surface area contributed by atoms with Crippen LogP contribution in [-0.4, -0.2) is 17.1 Å². The number of carbonyl (C=O) groups excluding carboxylic acids is 1. The van der Waals surface area contributed by atoms with Crippen LogP contribution in [0.5, 0.6) is 5.75 Å². The van der Waals surface area contributed by atoms with E-state index in [9.17, 15) is 9.59 Å². The molecule has 6 rings (SSSR count). The minimum Gasteiger partial charge on any atom is -0.486 e. The Morgan fingerprint density at radius 2 is 1.65 bits per heavy atom. The molecule has 0 N–H and O–H groups in total. The first-order valence-electron chi connectivity index (χ1n) is 14.1. The number of esters is 1. The summed E-state index contributed by atoms with van der Waals surface area (Å²) in [5.74, 6) is 0.0665. The van der Waals surface area contributed by atoms with Crippen molar-refractivity contribution < 1.29 is 14.3 Å². The van der Waals surface area contributed by atoms with Crippen molar-refractivity contribution in [3.63, 3.8) is 0 Å². The van der Waals surface area contributed by atoms with Gasteiger partial charge in [0.05, 0.1) is 37.4 Å². The van der Waals surface area contributed by atoms with Gasteiger partial charge in [-0.25, -0.2) is 9.79 Å². The van der Waals surface area contributed by atoms with Gasteiger partial charge in [0.15, 0.2) is 4.80 Å². The number of rotatable bonds is 8. The smallest absolute Gasteiger partial charge is 0.338 e. The second-order valence-electron chi connectivity index (χ2n) is 10.2. The fourth-order valence-electron chi connectivity index (χ4n) is 5.13. The molecule has 0 spiro atoms. The first-order valence-corrected chi connectivity index (χ1v) is 17.3. The van der Waals surface area contributed by atoms with Gasteiger partial charge in [-0.2, -0.15) is 0 Å². The Kier molecular flexibility index (Phi) is 9.96. The van der Waals surface area contributed by atoms with E-state index >= 15 is 0 Å². The lowest BCUT2D eigenvalue weighted by Crippen LogP contribution is -2.39. The van der Waals surface area contributed by atoms with Crippen molar-refractivity contribution in [1.29, 1.82) is 0 Å². The Bertz CT molecular complexity index is 2140. The summed E-state index contributed by atoms with van der Waals surface area (Å²) in [6.45, 7) is 2.18. The molecule has 0 unspecified atom stereocenters. The number of halogens is 4. The number of benzene rings is 4. The Labute approximate surface area is 295 Å². The van der Waals surface area contributed by atoms with Gasteiger partial charge in [0.25, 0.3) is 5.56 Å². The van der Waals surface area contributed by atoms with E-state index in [1.807, 2.05) is 78.9 Å². The molecule has 0 amide bonds. The highest BCUT2D eigenvalue weighted by Crippen LogP contribution is 2.37. The summed E-state index contributed by atoms with van der Waals surface area (Å²) in [4.78, 5) is 33.1. The van der Waals surface area contributed by atoms with E-state index in [0.29, 0.717) is 45.3 Å². The molecular formula is C35H24Br2Cl2N2O4S. The summed E-state index contributed by atoms with van der Waals surface area (Å²) in [5.41, 5.74) is 3.60. The van der Waals surface area contributed by atoms with Gasteiger partial charge in [0, 0.05) is 21.2 Å². The first-order chi connectivity index (χ1) is 22.2. The van der Waals surface area contributed by atoms with Gasteiger partial charge in [0.2, 0.25) is 0 Å². The summed E-state index contributed by atoms with van der Waals surface area (Å²) in [6, 6.07) is 27.2. The van der Waals surface area contributed by atoms with Crippen LogP contribution in [-0.2, 0) is 16.1 Å². The molecule has 1 aliphatic heterocycles. The minimum atomic E-state index is -0.734. The van der Waals surface area contributed by atoms with Crippen molar-refractivity contribution in [3.8, 4) is 5.75 Å². The van der Waals surface area contributed by atoms with E-state index in [2.05, 4.69) is 31.9 Å². The van der Waals surface area contributed by atoms with Crippen LogP contribution in [0.1, 0.15) is 35.2 Å². The zero-order valence-corrected chi connectivity index (χ0v) is 29.7. The number of hydrogen-bond acceptors (Lipinski definition) is 6. The van der Waals surface area contributed by atoms with Crippen LogP contribution in [0.3, 0.4) is 0 Å². The highest BCUT2D eigenvalue weighted by atomic mass is 79.9. The van der Waals surface area contributed by atoms with Crippen LogP contribution in [0.15, 0.2) is 115 Å². The fourth-order valence-corrected chi connectivity index (χ4v) is 8.05. The average molecular weight is 799 g/mol. The summed E-state index contributed by atoms with van der Waals surface area (Å²) < 4.78 is 15.0. The minimum absolute atomic E-state index is 0.187. The Hall–Kier alpha value is -3.47. The molecular weight excluding hydrogens is 775 g/mol. The molecule has 1 atom stereocenters. The molecule has 2 heterocycles. The molecule has 0 fully saturated rings. The van der Waals surface area contributed by atoms with Gasteiger partial charge in [0.1, 0.15) is 12.4 Å². The number of ether oxygens (including phenoxy) is 2. The lowest BCUT2D eigenvalue weighted by Gasteiger charge is -2.25. The largest absolute Gasteiger partial charge is 0.486 e. The highest BCUT2D eigenvalue weighted by Gasteiger charge is 2.35. The van der Waals surface area contributed by atoms with Gasteiger partial charge in [-0.1, -0.05) is 101 Å². The standard InChI is InChI=1S/C35H24Br2Cl2N2O4S/c1-2-44-34(43)29-30(21-9-5-3-6-10-21)40-35-41(31(29)22-11-7-4-8-12-22)33(42)28(46-35)17-20-15-25(36)32(26(37)16-20)45-19-23-13-14-24(38)18-27(23)39/h3-18,31H,2,19H2,1H3/b28-17-/t31-/m0/s1. The number of nitrogens with zero attached hydrogens (tertiary/aromatic N) is 2. The van der Waals surface area contributed by atoms with Crippen LogP contribution in [0, 0.1) is 0 Å². The van der Waals surface area contributed by atoms with Crippen LogP contribution < -0.4 is 19.6 Å². The Morgan fingerprint density at radius 3 is 2.30 bits per heavy atom. The fraction of sp³-hybridized carbons (Fsp3) is 0.114. The lowest BCUT2D eigenvalue weighted by atomic mass is 9.93. The molecule has 11 heteroatoms. The van der Waals surface area contributed by atoms with Crippen molar-refractivity contribution in [2.75, 3.05) is 6.61 Å². The average Bonchev–Trinajstić information content (AvgIpc) is 3.35. The molecule has 1 aromatic heterocycles. The zero-order valence-electron chi connectivity index (χ0n) is 24.2. The van der Waals surface area contributed by atoms with Gasteiger partial charge >= 0.3 is 5.97 Å². The molecule has 0 radical (unpaired) electrons. The van der Waals surface area contributed by atoms with E-state index in [1.54, 1.807) is 29.7 Å². The normalized spacial score (nSPS) is 14.5. The number of aromatic nitrogens is 1. The zero-order chi connectivity index (χ0) is 32.4. The molecule has 4 aromatic carbocycles. The number of carbonyl (C=O) groups is 1. The third-order valence-electron chi connectivity index (χ3n) is 7.19. The quantitative estimate of drug-likeness (QED) is 0.148. The number of thiazole rings is 1. The van der Waals surface area contributed by atoms with Gasteiger partial charge in [-0.3, -0.25) is 9.36 Å². The van der Waals surface area contributed by atoms with Crippen LogP contribution in [0.25, 0.3) is 11.8 Å². The summed E-state index contributed by atoms with van der Waals surface area (Å²) in [6.07, 6.45) is 1.80. The van der Waals surface area contributed by atoms with Crippen molar-refractivity contribution in [1.82, 2.24) is 4.57 Å². The third-order valence-corrected chi connectivity index (χ3v) is 9.94. The molecule has 0 aliphatic carbocycles. The van der Waals surface area contributed by atoms with Crippen LogP contribution in [0.4, 0.5) is 0 Å². The predicted molar refractivity (Wildman–Crippen MR) is 190 cm³/mol. The maximum absolute atomic E-state index is 14.2. The summed E-state index contributed by atoms with van der Waals surface area (Å²) in [7, 11) is 0. The molecule has 46 heavy (non-hydrogen) atoms. The SMILES string of the molecule is CCOC(=O)C1=C(c2ccccc2)N=c2s/c(=C\c3cc(Br)c(OCc4ccc(Cl)cc4Cl)c(Br)c3)c(=O)n2[C@H]1c1ccccc1. The van der Waals surface area contributed by atoms with Gasteiger partial charge in [-0.15, -0.1) is 0 Å². The summed E-state index contributed by atoms with van der Waals surface area (Å²) >= 11 is 20.8. The molecule has 1 aliphatic rings. The Balaban J connectivity index is 1.45. The van der Waals surface area contributed by atoms with Crippen molar-refractivity contribution in [2.24, 2.45) is 4.99 Å². The van der Waals surface area contributed by atoms with E-state index in [1.165, 1.54) is 11.3 Å². The second kappa shape index (κ2) is 14.1. The van der Waals surface area contributed by atoms with E-state index in [-0.39, 0.29) is 18.8 Å². The maximum atomic E-state index is 14.2.